The molecule has 0 aliphatic carbocycles. The number of unbranched alkanes of at least 4 members (excludes halogenated alkanes) is 3. The van der Waals surface area contributed by atoms with Gasteiger partial charge in [0.25, 0.3) is 0 Å². The maximum atomic E-state index is 13.0. The summed E-state index contributed by atoms with van der Waals surface area (Å²) in [5, 5.41) is 0. The van der Waals surface area contributed by atoms with Crippen molar-refractivity contribution in [1.82, 2.24) is 0 Å². The van der Waals surface area contributed by atoms with Gasteiger partial charge < -0.3 is 28.5 Å². The zero-order valence-corrected chi connectivity index (χ0v) is 18.0. The maximum absolute atomic E-state index is 13.0. The van der Waals surface area contributed by atoms with Crippen LogP contribution in [0.1, 0.15) is 70.4 Å². The van der Waals surface area contributed by atoms with Gasteiger partial charge in [-0.15, -0.1) is 0 Å². The van der Waals surface area contributed by atoms with Crippen molar-refractivity contribution in [3.05, 3.63) is 35.4 Å². The van der Waals surface area contributed by atoms with Crippen molar-refractivity contribution in [2.24, 2.45) is 0 Å². The van der Waals surface area contributed by atoms with Crippen molar-refractivity contribution < 1.29 is 41.6 Å². The van der Waals surface area contributed by atoms with Crippen molar-refractivity contribution in [1.29, 1.82) is 0 Å². The van der Waals surface area contributed by atoms with Crippen LogP contribution in [0.5, 0.6) is 0 Å². The van der Waals surface area contributed by atoms with Gasteiger partial charge in [-0.05, 0) is 31.4 Å². The fourth-order valence-electron chi connectivity index (χ4n) is 3.29. The number of quaternary nitrogens is 1. The van der Waals surface area contributed by atoms with Crippen molar-refractivity contribution in [3.63, 3.8) is 0 Å². The normalized spacial score (nSPS) is 12.1. The van der Waals surface area contributed by atoms with Crippen molar-refractivity contribution in [2.75, 3.05) is 19.6 Å². The van der Waals surface area contributed by atoms with Crippen molar-refractivity contribution in [3.8, 4) is 0 Å². The molecule has 0 heterocycles. The lowest BCUT2D eigenvalue weighted by Gasteiger charge is -2.39. The largest absolute Gasteiger partial charge is 1.00 e. The molecule has 1 aromatic rings. The molecule has 0 amide bonds. The van der Waals surface area contributed by atoms with Gasteiger partial charge in [0.05, 0.1) is 25.2 Å². The molecule has 5 heteroatoms. The molecule has 0 fully saturated rings. The molecular formula is C20H33F3IN. The zero-order valence-electron chi connectivity index (χ0n) is 15.8. The minimum atomic E-state index is -4.26. The molecular weight excluding hydrogens is 438 g/mol. The van der Waals surface area contributed by atoms with Crippen LogP contribution in [0.2, 0.25) is 0 Å². The second-order valence-corrected chi connectivity index (χ2v) is 6.93. The summed E-state index contributed by atoms with van der Waals surface area (Å²) in [6.45, 7) is 10.4. The lowest BCUT2D eigenvalue weighted by atomic mass is 10.1. The molecule has 0 aromatic heterocycles. The summed E-state index contributed by atoms with van der Waals surface area (Å²) >= 11 is 0. The van der Waals surface area contributed by atoms with Gasteiger partial charge in [0, 0.05) is 5.56 Å². The average molecular weight is 471 g/mol. The monoisotopic (exact) mass is 471 g/mol. The van der Waals surface area contributed by atoms with E-state index in [0.717, 1.165) is 68.2 Å². The molecule has 1 rings (SSSR count). The van der Waals surface area contributed by atoms with E-state index in [0.29, 0.717) is 6.54 Å². The Labute approximate surface area is 168 Å². The summed E-state index contributed by atoms with van der Waals surface area (Å²) in [7, 11) is 0. The molecule has 0 N–H and O–H groups in total. The van der Waals surface area contributed by atoms with E-state index in [2.05, 4.69) is 20.8 Å². The second-order valence-electron chi connectivity index (χ2n) is 6.93. The van der Waals surface area contributed by atoms with Crippen molar-refractivity contribution in [2.45, 2.75) is 72.0 Å². The Morgan fingerprint density at radius 1 is 0.840 bits per heavy atom. The number of hydrogen-bond acceptors (Lipinski definition) is 0. The Balaban J connectivity index is 0.00000576. The van der Waals surface area contributed by atoms with Gasteiger partial charge in [0.2, 0.25) is 0 Å². The van der Waals surface area contributed by atoms with Gasteiger partial charge in [-0.3, -0.25) is 0 Å². The van der Waals surface area contributed by atoms with Crippen LogP contribution in [0.15, 0.2) is 24.3 Å². The Bertz CT molecular complexity index is 452. The molecule has 146 valence electrons. The van der Waals surface area contributed by atoms with Gasteiger partial charge in [0.15, 0.2) is 0 Å². The van der Waals surface area contributed by atoms with Crippen LogP contribution in [0.3, 0.4) is 0 Å². The van der Waals surface area contributed by atoms with Gasteiger partial charge >= 0.3 is 6.18 Å². The summed E-state index contributed by atoms with van der Waals surface area (Å²) in [4.78, 5) is 0. The highest BCUT2D eigenvalue weighted by Gasteiger charge is 2.32. The van der Waals surface area contributed by atoms with Crippen LogP contribution in [-0.2, 0) is 12.7 Å². The first-order valence-electron chi connectivity index (χ1n) is 9.38. The molecule has 25 heavy (non-hydrogen) atoms. The number of nitrogens with zero attached hydrogens (tertiary/aromatic N) is 1. The highest BCUT2D eigenvalue weighted by molar-refractivity contribution is 5.25. The number of hydrogen-bond donors (Lipinski definition) is 0. The minimum Gasteiger partial charge on any atom is -1.00 e. The lowest BCUT2D eigenvalue weighted by Crippen LogP contribution is -3.00. The first-order chi connectivity index (χ1) is 11.4. The molecule has 1 aromatic carbocycles. The van der Waals surface area contributed by atoms with E-state index in [1.165, 1.54) is 12.1 Å². The van der Waals surface area contributed by atoms with E-state index in [-0.39, 0.29) is 24.0 Å². The molecule has 0 radical (unpaired) electrons. The second kappa shape index (κ2) is 12.2. The van der Waals surface area contributed by atoms with E-state index in [4.69, 9.17) is 0 Å². The zero-order chi connectivity index (χ0) is 18.1. The SMILES string of the molecule is CCCC[N+](CCCC)(CCCC)Cc1cccc(C(F)(F)F)c1.[I-]. The van der Waals surface area contributed by atoms with Crippen LogP contribution in [0.25, 0.3) is 0 Å². The van der Waals surface area contributed by atoms with Crippen LogP contribution in [0.4, 0.5) is 13.2 Å². The van der Waals surface area contributed by atoms with Crippen molar-refractivity contribution >= 4 is 0 Å². The lowest BCUT2D eigenvalue weighted by molar-refractivity contribution is -0.941. The summed E-state index contributed by atoms with van der Waals surface area (Å²) in [6.07, 6.45) is 2.51. The van der Waals surface area contributed by atoms with Gasteiger partial charge in [0.1, 0.15) is 6.54 Å². The summed E-state index contributed by atoms with van der Waals surface area (Å²) < 4.78 is 39.9. The third kappa shape index (κ3) is 8.76. The predicted molar refractivity (Wildman–Crippen MR) is 94.7 cm³/mol. The molecule has 0 spiro atoms. The fraction of sp³-hybridized carbons (Fsp3) is 0.700. The summed E-state index contributed by atoms with van der Waals surface area (Å²) in [6, 6.07) is 5.91. The molecule has 0 aliphatic heterocycles. The first-order valence-corrected chi connectivity index (χ1v) is 9.38. The Morgan fingerprint density at radius 2 is 1.32 bits per heavy atom. The van der Waals surface area contributed by atoms with Gasteiger partial charge in [-0.1, -0.05) is 52.2 Å². The van der Waals surface area contributed by atoms with Crippen LogP contribution in [-0.4, -0.2) is 24.1 Å². The van der Waals surface area contributed by atoms with E-state index in [1.807, 2.05) is 6.07 Å². The Kier molecular flexibility index (Phi) is 12.0. The molecule has 0 saturated carbocycles. The molecule has 0 saturated heterocycles. The van der Waals surface area contributed by atoms with E-state index >= 15 is 0 Å². The quantitative estimate of drug-likeness (QED) is 0.343. The molecule has 1 nitrogen and oxygen atoms in total. The summed E-state index contributed by atoms with van der Waals surface area (Å²) in [5.41, 5.74) is 0.285. The third-order valence-electron chi connectivity index (χ3n) is 4.73. The van der Waals surface area contributed by atoms with Crippen LogP contribution < -0.4 is 24.0 Å². The topological polar surface area (TPSA) is 0 Å². The van der Waals surface area contributed by atoms with E-state index in [1.54, 1.807) is 6.07 Å². The number of benzene rings is 1. The smallest absolute Gasteiger partial charge is 0.416 e. The standard InChI is InChI=1S/C20H33F3N.HI/c1-4-7-13-24(14-8-5-2,15-9-6-3)17-18-11-10-12-19(16-18)20(21,22)23;/h10-12,16H,4-9,13-15,17H2,1-3H3;1H/q+1;/p-1. The molecule has 0 aliphatic rings. The Morgan fingerprint density at radius 3 is 1.72 bits per heavy atom. The van der Waals surface area contributed by atoms with Gasteiger partial charge in [-0.25, -0.2) is 0 Å². The fourth-order valence-corrected chi connectivity index (χ4v) is 3.29. The average Bonchev–Trinajstić information content (AvgIpc) is 2.55. The number of halogens is 4. The van der Waals surface area contributed by atoms with Crippen LogP contribution in [0, 0.1) is 0 Å². The highest BCUT2D eigenvalue weighted by Crippen LogP contribution is 2.30. The molecule has 0 atom stereocenters. The number of rotatable bonds is 11. The molecule has 0 unspecified atom stereocenters. The molecule has 0 bridgehead atoms. The summed E-state index contributed by atoms with van der Waals surface area (Å²) in [5.74, 6) is 0. The Hall–Kier alpha value is -0.300. The maximum Gasteiger partial charge on any atom is 0.416 e. The van der Waals surface area contributed by atoms with Gasteiger partial charge in [-0.2, -0.15) is 13.2 Å². The van der Waals surface area contributed by atoms with E-state index < -0.39 is 11.7 Å². The first kappa shape index (κ1) is 24.7. The third-order valence-corrected chi connectivity index (χ3v) is 4.73. The highest BCUT2D eigenvalue weighted by atomic mass is 127. The van der Waals surface area contributed by atoms with Crippen LogP contribution >= 0.6 is 0 Å². The number of alkyl halides is 3. The minimum absolute atomic E-state index is 0. The van der Waals surface area contributed by atoms with E-state index in [9.17, 15) is 13.2 Å². The predicted octanol–water partition coefficient (Wildman–Crippen LogP) is 3.43.